The van der Waals surface area contributed by atoms with Gasteiger partial charge in [-0.15, -0.1) is 0 Å². The number of benzene rings is 1. The van der Waals surface area contributed by atoms with Crippen LogP contribution in [0.1, 0.15) is 50.0 Å². The fourth-order valence-electron chi connectivity index (χ4n) is 6.54. The van der Waals surface area contributed by atoms with Crippen LogP contribution in [-0.2, 0) is 12.5 Å². The number of carbonyl (C=O) groups excluding carboxylic acids is 1. The monoisotopic (exact) mass is 550 g/mol. The van der Waals surface area contributed by atoms with Crippen molar-refractivity contribution in [2.24, 2.45) is 13.0 Å². The van der Waals surface area contributed by atoms with E-state index < -0.39 is 0 Å². The molecule has 2 N–H and O–H groups in total. The smallest absolute Gasteiger partial charge is 0.275 e. The van der Waals surface area contributed by atoms with Gasteiger partial charge in [-0.2, -0.15) is 4.98 Å². The van der Waals surface area contributed by atoms with Crippen LogP contribution in [0.2, 0.25) is 0 Å². The molecule has 0 radical (unpaired) electrons. The first kappa shape index (κ1) is 25.6. The minimum atomic E-state index is -0.149. The SMILES string of the molecule is C[C@@H]1CC2CN(C(=O)c3ccc(Nc4ncc5cc6c(=O)n(C)c7c(C(C)(C)C)cccc7n6c5n4)nc3)CC1N2. The first-order valence-electron chi connectivity index (χ1n) is 14.2. The van der Waals surface area contributed by atoms with Crippen molar-refractivity contribution in [1.82, 2.24) is 34.1 Å². The van der Waals surface area contributed by atoms with Gasteiger partial charge < -0.3 is 20.1 Å². The zero-order chi connectivity index (χ0) is 28.6. The molecular formula is C31H34N8O2. The predicted octanol–water partition coefficient (Wildman–Crippen LogP) is 3.99. The number of amides is 1. The molecule has 10 nitrogen and oxygen atoms in total. The van der Waals surface area contributed by atoms with Crippen LogP contribution in [0.3, 0.4) is 0 Å². The Kier molecular flexibility index (Phi) is 5.69. The van der Waals surface area contributed by atoms with Crippen LogP contribution in [0.5, 0.6) is 0 Å². The van der Waals surface area contributed by atoms with E-state index in [4.69, 9.17) is 4.98 Å². The van der Waals surface area contributed by atoms with Crippen LogP contribution in [0.4, 0.5) is 11.8 Å². The third-order valence-electron chi connectivity index (χ3n) is 8.65. The van der Waals surface area contributed by atoms with Crippen LogP contribution in [-0.4, -0.2) is 59.9 Å². The summed E-state index contributed by atoms with van der Waals surface area (Å²) < 4.78 is 3.65. The lowest BCUT2D eigenvalue weighted by Crippen LogP contribution is -2.53. The van der Waals surface area contributed by atoms with Gasteiger partial charge in [0.1, 0.15) is 11.3 Å². The first-order valence-corrected chi connectivity index (χ1v) is 14.2. The number of carbonyl (C=O) groups is 1. The maximum absolute atomic E-state index is 13.5. The van der Waals surface area contributed by atoms with E-state index in [-0.39, 0.29) is 16.9 Å². The highest BCUT2D eigenvalue weighted by atomic mass is 16.2. The van der Waals surface area contributed by atoms with Crippen molar-refractivity contribution in [1.29, 1.82) is 0 Å². The second-order valence-electron chi connectivity index (χ2n) is 12.6. The summed E-state index contributed by atoms with van der Waals surface area (Å²) in [6.07, 6.45) is 4.43. The Balaban J connectivity index is 1.22. The van der Waals surface area contributed by atoms with Crippen molar-refractivity contribution < 1.29 is 4.79 Å². The minimum Gasteiger partial charge on any atom is -0.335 e. The van der Waals surface area contributed by atoms with Crippen molar-refractivity contribution in [2.75, 3.05) is 18.4 Å². The number of nitrogens with zero attached hydrogens (tertiary/aromatic N) is 6. The molecule has 2 bridgehead atoms. The molecule has 2 fully saturated rings. The number of hydrogen-bond donors (Lipinski definition) is 2. The largest absolute Gasteiger partial charge is 0.335 e. The average molecular weight is 551 g/mol. The summed E-state index contributed by atoms with van der Waals surface area (Å²) >= 11 is 0. The summed E-state index contributed by atoms with van der Waals surface area (Å²) in [5.41, 5.74) is 4.40. The number of para-hydroxylation sites is 1. The lowest BCUT2D eigenvalue weighted by atomic mass is 9.86. The van der Waals surface area contributed by atoms with Gasteiger partial charge in [0.2, 0.25) is 5.95 Å². The second kappa shape index (κ2) is 9.10. The van der Waals surface area contributed by atoms with Crippen LogP contribution in [0.25, 0.3) is 27.6 Å². The van der Waals surface area contributed by atoms with E-state index in [1.165, 1.54) is 0 Å². The Labute approximate surface area is 237 Å². The molecule has 7 rings (SSSR count). The Bertz CT molecular complexity index is 1900. The summed E-state index contributed by atoms with van der Waals surface area (Å²) in [4.78, 5) is 42.3. The van der Waals surface area contributed by atoms with Gasteiger partial charge in [0.15, 0.2) is 5.65 Å². The standard InChI is InChI=1S/C31H34N8O2/c1-17-11-20-15-38(16-22(17)34-20)28(40)18-9-10-25(32-13-18)35-30-33-14-19-12-24-29(41)37(5)26-21(31(2,3)4)7-6-8-23(26)39(24)27(19)36-30/h6-10,12-14,17,20,22,34H,11,15-16H2,1-5H3,(H,32,33,35,36)/t17-,20?,22?/m1/s1. The predicted molar refractivity (Wildman–Crippen MR) is 160 cm³/mol. The van der Waals surface area contributed by atoms with Gasteiger partial charge >= 0.3 is 0 Å². The Morgan fingerprint density at radius 3 is 2.63 bits per heavy atom. The summed E-state index contributed by atoms with van der Waals surface area (Å²) in [6.45, 7) is 10.1. The van der Waals surface area contributed by atoms with E-state index in [0.717, 1.165) is 41.5 Å². The van der Waals surface area contributed by atoms with E-state index in [2.05, 4.69) is 54.4 Å². The molecule has 1 aromatic carbocycles. The number of nitrogens with one attached hydrogen (secondary N) is 2. The van der Waals surface area contributed by atoms with Crippen molar-refractivity contribution in [3.8, 4) is 0 Å². The summed E-state index contributed by atoms with van der Waals surface area (Å²) in [6, 6.07) is 12.3. The van der Waals surface area contributed by atoms with Crippen LogP contribution < -0.4 is 16.2 Å². The van der Waals surface area contributed by atoms with Gasteiger partial charge in [0.05, 0.1) is 16.6 Å². The first-order chi connectivity index (χ1) is 19.6. The molecule has 41 heavy (non-hydrogen) atoms. The Morgan fingerprint density at radius 1 is 1.07 bits per heavy atom. The fourth-order valence-corrected chi connectivity index (χ4v) is 6.54. The zero-order valence-corrected chi connectivity index (χ0v) is 24.0. The fraction of sp³-hybridized carbons (Fsp3) is 0.387. The van der Waals surface area contributed by atoms with E-state index >= 15 is 0 Å². The van der Waals surface area contributed by atoms with Crippen molar-refractivity contribution >= 4 is 45.3 Å². The number of anilines is 2. The van der Waals surface area contributed by atoms with Gasteiger partial charge in [0.25, 0.3) is 11.5 Å². The molecule has 6 heterocycles. The Morgan fingerprint density at radius 2 is 1.90 bits per heavy atom. The molecule has 1 amide bonds. The maximum Gasteiger partial charge on any atom is 0.275 e. The lowest BCUT2D eigenvalue weighted by Gasteiger charge is -2.33. The number of hydrogen-bond acceptors (Lipinski definition) is 7. The van der Waals surface area contributed by atoms with Crippen LogP contribution in [0.15, 0.2) is 53.6 Å². The molecule has 2 aliphatic rings. The normalized spacial score (nSPS) is 20.8. The molecule has 210 valence electrons. The van der Waals surface area contributed by atoms with E-state index in [0.29, 0.717) is 46.5 Å². The molecule has 2 saturated heterocycles. The number of aryl methyl sites for hydroxylation is 1. The molecule has 0 spiro atoms. The minimum absolute atomic E-state index is 0.00931. The molecule has 10 heteroatoms. The Hall–Kier alpha value is -4.31. The van der Waals surface area contributed by atoms with Gasteiger partial charge in [0, 0.05) is 50.0 Å². The summed E-state index contributed by atoms with van der Waals surface area (Å²) in [5, 5.41) is 7.55. The molecular weight excluding hydrogens is 516 g/mol. The maximum atomic E-state index is 13.5. The summed E-state index contributed by atoms with van der Waals surface area (Å²) in [7, 11) is 1.82. The number of rotatable bonds is 3. The number of aromatic nitrogens is 5. The molecule has 2 unspecified atom stereocenters. The molecule has 4 aromatic heterocycles. The highest BCUT2D eigenvalue weighted by molar-refractivity contribution is 5.94. The summed E-state index contributed by atoms with van der Waals surface area (Å²) in [5.74, 6) is 1.48. The third-order valence-corrected chi connectivity index (χ3v) is 8.65. The highest BCUT2D eigenvalue weighted by Crippen LogP contribution is 2.31. The van der Waals surface area contributed by atoms with Gasteiger partial charge in [-0.1, -0.05) is 39.8 Å². The highest BCUT2D eigenvalue weighted by Gasteiger charge is 2.39. The quantitative estimate of drug-likeness (QED) is 0.350. The van der Waals surface area contributed by atoms with Crippen molar-refractivity contribution in [2.45, 2.75) is 51.6 Å². The number of fused-ring (bicyclic) bond motifs is 7. The zero-order valence-electron chi connectivity index (χ0n) is 24.0. The van der Waals surface area contributed by atoms with E-state index in [1.54, 1.807) is 29.1 Å². The lowest BCUT2D eigenvalue weighted by molar-refractivity contribution is 0.0692. The second-order valence-corrected chi connectivity index (χ2v) is 12.6. The van der Waals surface area contributed by atoms with Crippen LogP contribution in [0, 0.1) is 5.92 Å². The van der Waals surface area contributed by atoms with Gasteiger partial charge in [-0.3, -0.25) is 14.0 Å². The van der Waals surface area contributed by atoms with Gasteiger partial charge in [-0.05, 0) is 47.6 Å². The molecule has 0 saturated carbocycles. The molecule has 3 atom stereocenters. The van der Waals surface area contributed by atoms with Crippen molar-refractivity contribution in [3.05, 3.63) is 70.3 Å². The van der Waals surface area contributed by atoms with E-state index in [1.807, 2.05) is 34.5 Å². The number of likely N-dealkylation sites (tertiary alicyclic amines) is 1. The van der Waals surface area contributed by atoms with Crippen LogP contribution >= 0.6 is 0 Å². The van der Waals surface area contributed by atoms with Crippen molar-refractivity contribution in [3.63, 3.8) is 0 Å². The molecule has 5 aromatic rings. The van der Waals surface area contributed by atoms with E-state index in [9.17, 15) is 9.59 Å². The molecule has 2 aliphatic heterocycles. The topological polar surface area (TPSA) is 109 Å². The third kappa shape index (κ3) is 4.16. The average Bonchev–Trinajstić information content (AvgIpc) is 3.46. The number of pyridine rings is 1. The van der Waals surface area contributed by atoms with Gasteiger partial charge in [-0.25, -0.2) is 9.97 Å². The number of piperazine rings is 1. The molecule has 0 aliphatic carbocycles.